The summed E-state index contributed by atoms with van der Waals surface area (Å²) in [4.78, 5) is 31.9. The first-order valence-corrected chi connectivity index (χ1v) is 9.98. The van der Waals surface area contributed by atoms with Crippen molar-refractivity contribution in [2.45, 2.75) is 40.2 Å². The number of hydrogen-bond acceptors (Lipinski definition) is 5. The van der Waals surface area contributed by atoms with Gasteiger partial charge in [0.25, 0.3) is 0 Å². The number of hydrogen-bond donors (Lipinski definition) is 1. The molecule has 0 spiro atoms. The zero-order chi connectivity index (χ0) is 20.5. The van der Waals surface area contributed by atoms with Crippen LogP contribution in [0.25, 0.3) is 5.65 Å². The van der Waals surface area contributed by atoms with Crippen LogP contribution in [0.2, 0.25) is 0 Å². The maximum atomic E-state index is 12.8. The predicted molar refractivity (Wildman–Crippen MR) is 112 cm³/mol. The van der Waals surface area contributed by atoms with E-state index in [2.05, 4.69) is 27.2 Å². The van der Waals surface area contributed by atoms with Gasteiger partial charge in [0, 0.05) is 31.2 Å². The van der Waals surface area contributed by atoms with E-state index in [1.165, 1.54) is 15.5 Å². The van der Waals surface area contributed by atoms with Crippen molar-refractivity contribution in [2.75, 3.05) is 23.3 Å². The Bertz CT molecular complexity index is 1120. The molecular formula is C21H26N6O2. The van der Waals surface area contributed by atoms with Crippen LogP contribution in [0.1, 0.15) is 30.9 Å². The summed E-state index contributed by atoms with van der Waals surface area (Å²) in [5.41, 5.74) is 3.11. The molecule has 3 heterocycles. The molecule has 1 atom stereocenters. The van der Waals surface area contributed by atoms with Crippen LogP contribution in [0.5, 0.6) is 0 Å². The van der Waals surface area contributed by atoms with Crippen molar-refractivity contribution in [1.82, 2.24) is 19.2 Å². The van der Waals surface area contributed by atoms with E-state index < -0.39 is 0 Å². The van der Waals surface area contributed by atoms with Crippen LogP contribution in [0, 0.1) is 19.8 Å². The minimum Gasteiger partial charge on any atom is -0.353 e. The first-order chi connectivity index (χ1) is 13.9. The Morgan fingerprint density at radius 1 is 1.28 bits per heavy atom. The van der Waals surface area contributed by atoms with Gasteiger partial charge in [-0.05, 0) is 55.9 Å². The molecule has 0 bridgehead atoms. The molecule has 152 valence electrons. The van der Waals surface area contributed by atoms with Crippen LogP contribution in [0.15, 0.2) is 35.4 Å². The van der Waals surface area contributed by atoms with Gasteiger partial charge in [0.15, 0.2) is 5.82 Å². The van der Waals surface area contributed by atoms with Gasteiger partial charge >= 0.3 is 5.69 Å². The van der Waals surface area contributed by atoms with Crippen molar-refractivity contribution < 1.29 is 4.79 Å². The fourth-order valence-electron chi connectivity index (χ4n) is 3.80. The summed E-state index contributed by atoms with van der Waals surface area (Å²) < 4.78 is 2.66. The van der Waals surface area contributed by atoms with Crippen LogP contribution in [0.4, 0.5) is 11.5 Å². The summed E-state index contributed by atoms with van der Waals surface area (Å²) in [6, 6.07) is 5.73. The molecule has 1 aliphatic rings. The molecule has 1 fully saturated rings. The largest absolute Gasteiger partial charge is 0.353 e. The van der Waals surface area contributed by atoms with Gasteiger partial charge in [-0.15, -0.1) is 5.10 Å². The van der Waals surface area contributed by atoms with Gasteiger partial charge in [0.2, 0.25) is 11.6 Å². The fraction of sp³-hybridized carbons (Fsp3) is 0.429. The van der Waals surface area contributed by atoms with Gasteiger partial charge in [-0.2, -0.15) is 0 Å². The van der Waals surface area contributed by atoms with Crippen LogP contribution in [0.3, 0.4) is 0 Å². The lowest BCUT2D eigenvalue weighted by molar-refractivity contribution is -0.117. The van der Waals surface area contributed by atoms with Crippen LogP contribution >= 0.6 is 0 Å². The molecule has 1 aliphatic heterocycles. The molecule has 0 aliphatic carbocycles. The number of amides is 1. The van der Waals surface area contributed by atoms with Crippen LogP contribution in [-0.2, 0) is 11.3 Å². The van der Waals surface area contributed by atoms with Crippen molar-refractivity contribution in [1.29, 1.82) is 0 Å². The van der Waals surface area contributed by atoms with Crippen LogP contribution in [-0.4, -0.2) is 38.2 Å². The molecule has 1 aromatic carbocycles. The number of nitrogens with one attached hydrogen (secondary N) is 1. The van der Waals surface area contributed by atoms with Gasteiger partial charge in [-0.25, -0.2) is 18.9 Å². The Balaban J connectivity index is 1.58. The quantitative estimate of drug-likeness (QED) is 0.734. The van der Waals surface area contributed by atoms with E-state index in [4.69, 9.17) is 0 Å². The molecular weight excluding hydrogens is 368 g/mol. The number of carbonyl (C=O) groups is 1. The van der Waals surface area contributed by atoms with Gasteiger partial charge < -0.3 is 10.2 Å². The second-order valence-corrected chi connectivity index (χ2v) is 7.93. The third-order valence-electron chi connectivity index (χ3n) is 5.52. The van der Waals surface area contributed by atoms with E-state index in [0.717, 1.165) is 30.6 Å². The second-order valence-electron chi connectivity index (χ2n) is 7.93. The topological polar surface area (TPSA) is 84.5 Å². The molecule has 1 amide bonds. The lowest BCUT2D eigenvalue weighted by Crippen LogP contribution is -2.35. The van der Waals surface area contributed by atoms with E-state index in [9.17, 15) is 9.59 Å². The third kappa shape index (κ3) is 3.87. The standard InChI is InChI=1S/C21H26N6O2/c1-14-5-4-9-25(12-14)19-20-24-27(21(29)26(20)10-8-22-19)13-18(28)23-17-7-6-15(2)16(3)11-17/h6-8,10-11,14H,4-5,9,12-13H2,1-3H3,(H,23,28). The Hall–Kier alpha value is -3.16. The molecule has 3 aromatic rings. The molecule has 8 nitrogen and oxygen atoms in total. The molecule has 2 aromatic heterocycles. The highest BCUT2D eigenvalue weighted by Crippen LogP contribution is 2.23. The fourth-order valence-corrected chi connectivity index (χ4v) is 3.80. The van der Waals surface area contributed by atoms with Crippen molar-refractivity contribution in [3.63, 3.8) is 0 Å². The first kappa shape index (κ1) is 19.2. The molecule has 1 N–H and O–H groups in total. The van der Waals surface area contributed by atoms with E-state index >= 15 is 0 Å². The summed E-state index contributed by atoms with van der Waals surface area (Å²) in [6.45, 7) is 7.86. The maximum absolute atomic E-state index is 12.8. The Kier molecular flexibility index (Phi) is 5.08. The minimum absolute atomic E-state index is 0.150. The normalized spacial score (nSPS) is 16.9. The van der Waals surface area contributed by atoms with Gasteiger partial charge in [0.05, 0.1) is 0 Å². The van der Waals surface area contributed by atoms with E-state index in [0.29, 0.717) is 23.1 Å². The highest BCUT2D eigenvalue weighted by Gasteiger charge is 2.22. The minimum atomic E-state index is -0.344. The molecule has 8 heteroatoms. The second kappa shape index (κ2) is 7.69. The summed E-state index contributed by atoms with van der Waals surface area (Å²) in [7, 11) is 0. The number of carbonyl (C=O) groups excluding carboxylic acids is 1. The Morgan fingerprint density at radius 2 is 2.10 bits per heavy atom. The molecule has 0 radical (unpaired) electrons. The van der Waals surface area contributed by atoms with E-state index in [-0.39, 0.29) is 18.1 Å². The van der Waals surface area contributed by atoms with Gasteiger partial charge in [-0.3, -0.25) is 4.79 Å². The molecule has 29 heavy (non-hydrogen) atoms. The lowest BCUT2D eigenvalue weighted by Gasteiger charge is -2.31. The predicted octanol–water partition coefficient (Wildman–Crippen LogP) is 2.38. The average molecular weight is 394 g/mol. The third-order valence-corrected chi connectivity index (χ3v) is 5.52. The van der Waals surface area contributed by atoms with Crippen molar-refractivity contribution in [3.8, 4) is 0 Å². The average Bonchev–Trinajstić information content (AvgIpc) is 3.00. The summed E-state index contributed by atoms with van der Waals surface area (Å²) >= 11 is 0. The first-order valence-electron chi connectivity index (χ1n) is 9.98. The highest BCUT2D eigenvalue weighted by atomic mass is 16.2. The van der Waals surface area contributed by atoms with Gasteiger partial charge in [-0.1, -0.05) is 13.0 Å². The number of benzene rings is 1. The monoisotopic (exact) mass is 394 g/mol. The Morgan fingerprint density at radius 3 is 2.86 bits per heavy atom. The van der Waals surface area contributed by atoms with E-state index in [1.54, 1.807) is 12.4 Å². The zero-order valence-electron chi connectivity index (χ0n) is 17.1. The SMILES string of the molecule is Cc1ccc(NC(=O)Cn2nc3c(N4CCCC(C)C4)nccn3c2=O)cc1C. The summed E-state index contributed by atoms with van der Waals surface area (Å²) in [5.74, 6) is 0.979. The number of piperidine rings is 1. The molecule has 0 saturated carbocycles. The number of aromatic nitrogens is 4. The molecule has 1 saturated heterocycles. The lowest BCUT2D eigenvalue weighted by atomic mass is 10.0. The number of nitrogens with zero attached hydrogens (tertiary/aromatic N) is 5. The van der Waals surface area contributed by atoms with Crippen molar-refractivity contribution in [3.05, 3.63) is 52.2 Å². The summed E-state index contributed by atoms with van der Waals surface area (Å²) in [6.07, 6.45) is 5.50. The maximum Gasteiger partial charge on any atom is 0.350 e. The number of anilines is 2. The zero-order valence-corrected chi connectivity index (χ0v) is 17.1. The number of fused-ring (bicyclic) bond motifs is 1. The Labute approximate surface area is 169 Å². The molecule has 1 unspecified atom stereocenters. The van der Waals surface area contributed by atoms with Crippen molar-refractivity contribution in [2.24, 2.45) is 5.92 Å². The highest BCUT2D eigenvalue weighted by molar-refractivity contribution is 5.90. The van der Waals surface area contributed by atoms with Crippen LogP contribution < -0.4 is 15.9 Å². The van der Waals surface area contributed by atoms with Gasteiger partial charge in [0.1, 0.15) is 6.54 Å². The smallest absolute Gasteiger partial charge is 0.350 e. The number of rotatable bonds is 4. The molecule has 4 rings (SSSR count). The summed E-state index contributed by atoms with van der Waals surface area (Å²) in [5, 5.41) is 7.27. The van der Waals surface area contributed by atoms with E-state index in [1.807, 2.05) is 32.0 Å². The van der Waals surface area contributed by atoms with Crippen molar-refractivity contribution >= 4 is 23.1 Å². The number of aryl methyl sites for hydroxylation is 2.